The number of aromatic nitrogens is 3. The molecule has 7 nitrogen and oxygen atoms in total. The van der Waals surface area contributed by atoms with Gasteiger partial charge in [-0.15, -0.1) is 24.8 Å². The van der Waals surface area contributed by atoms with Crippen LogP contribution in [0, 0.1) is 13.8 Å². The van der Waals surface area contributed by atoms with Crippen molar-refractivity contribution in [3.63, 3.8) is 0 Å². The third-order valence-corrected chi connectivity index (χ3v) is 8.45. The number of esters is 1. The average Bonchev–Trinajstić information content (AvgIpc) is 3.37. The van der Waals surface area contributed by atoms with E-state index in [2.05, 4.69) is 75.7 Å². The summed E-state index contributed by atoms with van der Waals surface area (Å²) in [5.41, 5.74) is 10.1. The van der Waals surface area contributed by atoms with Gasteiger partial charge in [0.1, 0.15) is 6.33 Å². The maximum Gasteiger partial charge on any atom is 0.358 e. The zero-order chi connectivity index (χ0) is 27.1. The number of anilines is 1. The van der Waals surface area contributed by atoms with Crippen LogP contribution >= 0.6 is 24.8 Å². The summed E-state index contributed by atoms with van der Waals surface area (Å²) in [6, 6.07) is 15.6. The number of nitrogens with zero attached hydrogens (tertiary/aromatic N) is 5. The van der Waals surface area contributed by atoms with E-state index in [1.54, 1.807) is 6.33 Å². The lowest BCUT2D eigenvalue weighted by Crippen LogP contribution is -2.52. The van der Waals surface area contributed by atoms with Gasteiger partial charge in [0.05, 0.1) is 23.5 Å². The summed E-state index contributed by atoms with van der Waals surface area (Å²) >= 11 is 0. The van der Waals surface area contributed by atoms with Gasteiger partial charge >= 0.3 is 5.97 Å². The molecule has 0 spiro atoms. The summed E-state index contributed by atoms with van der Waals surface area (Å²) in [5.74, 6) is -0.329. The smallest absolute Gasteiger partial charge is 0.358 e. The first-order valence-electron chi connectivity index (χ1n) is 14.1. The molecule has 218 valence electrons. The quantitative estimate of drug-likeness (QED) is 0.258. The molecule has 0 unspecified atom stereocenters. The predicted molar refractivity (Wildman–Crippen MR) is 170 cm³/mol. The molecule has 2 aromatic heterocycles. The van der Waals surface area contributed by atoms with Crippen LogP contribution in [0.5, 0.6) is 0 Å². The van der Waals surface area contributed by atoms with E-state index < -0.39 is 0 Å². The number of benzene rings is 2. The molecule has 0 N–H and O–H groups in total. The lowest BCUT2D eigenvalue weighted by atomic mass is 9.90. The molecule has 0 saturated carbocycles. The highest BCUT2D eigenvalue weighted by molar-refractivity contribution is 5.92. The van der Waals surface area contributed by atoms with Crippen LogP contribution in [-0.2, 0) is 24.0 Å². The molecule has 4 heterocycles. The number of halogens is 2. The molecule has 1 atom stereocenters. The standard InChI is InChI=1S/C32H37N5O2.2ClH/c1-5-39-32(38)31-30-14-12-25-24(21(2)9-13-29(25)37(30)20-33-31)15-16-35-17-18-36(19-23(35)4)28-8-6-7-27-26(28)11-10-22(3)34-27;;/h6-11,13,20,23H,5,12,14-19H2,1-4H3;2*1H/t23-;;/m1../s1. The highest BCUT2D eigenvalue weighted by Gasteiger charge is 2.28. The number of aryl methyl sites for hydroxylation is 2. The SMILES string of the molecule is CCOC(=O)c1ncn2c1CCc1c-2ccc(C)c1CCN1CCN(c2cccc3nc(C)ccc23)C[C@H]1C.Cl.Cl. The number of ether oxygens (including phenoxy) is 1. The van der Waals surface area contributed by atoms with Crippen molar-refractivity contribution in [2.45, 2.75) is 53.0 Å². The Morgan fingerprint density at radius 2 is 1.85 bits per heavy atom. The number of rotatable bonds is 6. The molecular weight excluding hydrogens is 557 g/mol. The fourth-order valence-electron chi connectivity index (χ4n) is 6.40. The van der Waals surface area contributed by atoms with Gasteiger partial charge in [0.25, 0.3) is 0 Å². The minimum Gasteiger partial charge on any atom is -0.461 e. The van der Waals surface area contributed by atoms with Crippen molar-refractivity contribution in [3.05, 3.63) is 82.6 Å². The van der Waals surface area contributed by atoms with E-state index in [1.807, 2.05) is 13.8 Å². The van der Waals surface area contributed by atoms with Crippen LogP contribution in [-0.4, -0.2) is 64.2 Å². The molecule has 1 fully saturated rings. The van der Waals surface area contributed by atoms with Gasteiger partial charge in [0.2, 0.25) is 0 Å². The van der Waals surface area contributed by atoms with Crippen molar-refractivity contribution in [1.82, 2.24) is 19.4 Å². The zero-order valence-electron chi connectivity index (χ0n) is 24.2. The normalized spacial score (nSPS) is 16.4. The minimum absolute atomic E-state index is 0. The average molecular weight is 597 g/mol. The van der Waals surface area contributed by atoms with E-state index in [0.717, 1.165) is 68.0 Å². The lowest BCUT2D eigenvalue weighted by molar-refractivity contribution is 0.0518. The zero-order valence-corrected chi connectivity index (χ0v) is 25.9. The van der Waals surface area contributed by atoms with E-state index >= 15 is 0 Å². The molecule has 4 aromatic rings. The van der Waals surface area contributed by atoms with Crippen LogP contribution in [0.2, 0.25) is 0 Å². The first-order chi connectivity index (χ1) is 18.9. The first kappa shape index (κ1) is 30.8. The number of carbonyl (C=O) groups is 1. The Kier molecular flexibility index (Phi) is 9.62. The van der Waals surface area contributed by atoms with E-state index in [1.165, 1.54) is 27.8 Å². The maximum absolute atomic E-state index is 12.4. The molecule has 6 rings (SSSR count). The van der Waals surface area contributed by atoms with E-state index in [4.69, 9.17) is 9.72 Å². The Morgan fingerprint density at radius 1 is 1.02 bits per heavy atom. The van der Waals surface area contributed by atoms with Crippen LogP contribution in [0.25, 0.3) is 16.6 Å². The Bertz CT molecular complexity index is 1550. The van der Waals surface area contributed by atoms with Crippen molar-refractivity contribution < 1.29 is 9.53 Å². The highest BCUT2D eigenvalue weighted by Crippen LogP contribution is 2.32. The largest absolute Gasteiger partial charge is 0.461 e. The molecule has 9 heteroatoms. The number of hydrogen-bond donors (Lipinski definition) is 0. The second-order valence-corrected chi connectivity index (χ2v) is 10.9. The molecule has 2 aliphatic rings. The van der Waals surface area contributed by atoms with Gasteiger partial charge in [-0.3, -0.25) is 9.88 Å². The van der Waals surface area contributed by atoms with Gasteiger partial charge in [-0.2, -0.15) is 0 Å². The second-order valence-electron chi connectivity index (χ2n) is 10.9. The van der Waals surface area contributed by atoms with Crippen LogP contribution in [0.3, 0.4) is 0 Å². The Labute approximate surface area is 254 Å². The topological polar surface area (TPSA) is 63.5 Å². The van der Waals surface area contributed by atoms with E-state index in [-0.39, 0.29) is 30.8 Å². The van der Waals surface area contributed by atoms with Crippen LogP contribution < -0.4 is 4.90 Å². The first-order valence-corrected chi connectivity index (χ1v) is 14.1. The fourth-order valence-corrected chi connectivity index (χ4v) is 6.40. The van der Waals surface area contributed by atoms with Crippen molar-refractivity contribution in [2.75, 3.05) is 37.7 Å². The van der Waals surface area contributed by atoms with Crippen molar-refractivity contribution in [2.24, 2.45) is 0 Å². The summed E-state index contributed by atoms with van der Waals surface area (Å²) < 4.78 is 7.33. The van der Waals surface area contributed by atoms with Gasteiger partial charge in [-0.05, 0) is 94.0 Å². The van der Waals surface area contributed by atoms with Crippen molar-refractivity contribution >= 4 is 47.4 Å². The summed E-state index contributed by atoms with van der Waals surface area (Å²) in [4.78, 5) is 26.7. The monoisotopic (exact) mass is 595 g/mol. The number of pyridine rings is 1. The molecule has 1 saturated heterocycles. The van der Waals surface area contributed by atoms with Crippen molar-refractivity contribution in [1.29, 1.82) is 0 Å². The van der Waals surface area contributed by atoms with Crippen molar-refractivity contribution in [3.8, 4) is 5.69 Å². The van der Waals surface area contributed by atoms with Crippen LogP contribution in [0.15, 0.2) is 48.8 Å². The van der Waals surface area contributed by atoms with Gasteiger partial charge in [-0.25, -0.2) is 9.78 Å². The fraction of sp³-hybridized carbons (Fsp3) is 0.406. The van der Waals surface area contributed by atoms with E-state index in [0.29, 0.717) is 18.3 Å². The Morgan fingerprint density at radius 3 is 2.63 bits per heavy atom. The lowest BCUT2D eigenvalue weighted by Gasteiger charge is -2.41. The number of fused-ring (bicyclic) bond motifs is 4. The summed E-state index contributed by atoms with van der Waals surface area (Å²) in [7, 11) is 0. The van der Waals surface area contributed by atoms with E-state index in [9.17, 15) is 4.79 Å². The van der Waals surface area contributed by atoms with Gasteiger partial charge in [-0.1, -0.05) is 12.1 Å². The summed E-state index contributed by atoms with van der Waals surface area (Å²) in [6.07, 6.45) is 4.52. The summed E-state index contributed by atoms with van der Waals surface area (Å²) in [5, 5.41) is 1.24. The third kappa shape index (κ3) is 5.81. The number of carbonyl (C=O) groups excluding carboxylic acids is 1. The Hall–Kier alpha value is -3.13. The van der Waals surface area contributed by atoms with Gasteiger partial charge < -0.3 is 14.2 Å². The van der Waals surface area contributed by atoms with Crippen LogP contribution in [0.4, 0.5) is 5.69 Å². The van der Waals surface area contributed by atoms with Gasteiger partial charge in [0.15, 0.2) is 5.69 Å². The molecule has 0 amide bonds. The van der Waals surface area contributed by atoms with Gasteiger partial charge in [0, 0.05) is 49.0 Å². The molecule has 0 bridgehead atoms. The molecule has 0 radical (unpaired) electrons. The number of piperazine rings is 1. The summed E-state index contributed by atoms with van der Waals surface area (Å²) in [6.45, 7) is 12.9. The second kappa shape index (κ2) is 12.8. The molecular formula is C32H39Cl2N5O2. The predicted octanol–water partition coefficient (Wildman–Crippen LogP) is 5.91. The highest BCUT2D eigenvalue weighted by atomic mass is 35.5. The minimum atomic E-state index is -0.329. The molecule has 2 aliphatic heterocycles. The molecule has 0 aliphatic carbocycles. The molecule has 41 heavy (non-hydrogen) atoms. The number of hydrogen-bond acceptors (Lipinski definition) is 6. The van der Waals surface area contributed by atoms with Crippen LogP contribution in [0.1, 0.15) is 52.4 Å². The Balaban J connectivity index is 0.00000194. The molecule has 2 aromatic carbocycles. The maximum atomic E-state index is 12.4. The third-order valence-electron chi connectivity index (χ3n) is 8.45. The number of imidazole rings is 1.